The number of aryl methyl sites for hydroxylation is 2. The second-order valence-electron chi connectivity index (χ2n) is 10.5. The number of hydrogen-bond donors (Lipinski definition) is 1. The number of oxazole rings is 1. The van der Waals surface area contributed by atoms with Gasteiger partial charge < -0.3 is 19.2 Å². The van der Waals surface area contributed by atoms with Gasteiger partial charge in [0.05, 0.1) is 12.3 Å². The van der Waals surface area contributed by atoms with Crippen LogP contribution in [0.25, 0.3) is 11.5 Å². The lowest BCUT2D eigenvalue weighted by atomic mass is 9.87. The summed E-state index contributed by atoms with van der Waals surface area (Å²) in [5.74, 6) is 2.00. The third kappa shape index (κ3) is 6.09. The summed E-state index contributed by atoms with van der Waals surface area (Å²) in [6.45, 7) is 3.38. The molecule has 0 unspecified atom stereocenters. The number of aromatic nitrogens is 1. The van der Waals surface area contributed by atoms with Crippen LogP contribution in [0.5, 0.6) is 5.75 Å². The van der Waals surface area contributed by atoms with E-state index >= 15 is 0 Å². The van der Waals surface area contributed by atoms with E-state index in [4.69, 9.17) is 9.15 Å². The summed E-state index contributed by atoms with van der Waals surface area (Å²) >= 11 is 0. The largest absolute Gasteiger partial charge is 0.493 e. The number of carbonyl (C=O) groups excluding carboxylic acids is 1. The predicted octanol–water partition coefficient (Wildman–Crippen LogP) is 6.10. The lowest BCUT2D eigenvalue weighted by molar-refractivity contribution is -0.137. The molecule has 7 heteroatoms. The van der Waals surface area contributed by atoms with Crippen molar-refractivity contribution >= 4 is 11.9 Å². The van der Waals surface area contributed by atoms with Crippen LogP contribution < -0.4 is 4.74 Å². The number of amides is 1. The molecule has 0 spiro atoms. The van der Waals surface area contributed by atoms with Crippen molar-refractivity contribution in [3.63, 3.8) is 0 Å². The van der Waals surface area contributed by atoms with Crippen molar-refractivity contribution in [3.05, 3.63) is 70.6 Å². The van der Waals surface area contributed by atoms with Crippen LogP contribution in [0.2, 0.25) is 0 Å². The summed E-state index contributed by atoms with van der Waals surface area (Å²) in [7, 11) is 0. The summed E-state index contributed by atoms with van der Waals surface area (Å²) in [5.41, 5.74) is 4.84. The second kappa shape index (κ2) is 11.8. The molecule has 0 atom stereocenters. The van der Waals surface area contributed by atoms with Gasteiger partial charge >= 0.3 is 5.97 Å². The molecule has 7 nitrogen and oxygen atoms in total. The Bertz CT molecular complexity index is 1280. The molecule has 1 aliphatic heterocycles. The minimum absolute atomic E-state index is 0.0673. The zero-order valence-corrected chi connectivity index (χ0v) is 22.1. The van der Waals surface area contributed by atoms with Gasteiger partial charge in [0, 0.05) is 43.5 Å². The van der Waals surface area contributed by atoms with E-state index in [9.17, 15) is 14.7 Å². The van der Waals surface area contributed by atoms with Crippen LogP contribution >= 0.6 is 0 Å². The van der Waals surface area contributed by atoms with Gasteiger partial charge in [0.2, 0.25) is 11.8 Å². The van der Waals surface area contributed by atoms with Crippen molar-refractivity contribution < 1.29 is 23.8 Å². The van der Waals surface area contributed by atoms with E-state index in [1.54, 1.807) is 0 Å². The highest BCUT2D eigenvalue weighted by Gasteiger charge is 2.30. The van der Waals surface area contributed by atoms with Gasteiger partial charge in [0.25, 0.3) is 0 Å². The van der Waals surface area contributed by atoms with Crippen LogP contribution in [0.4, 0.5) is 0 Å². The zero-order chi connectivity index (χ0) is 26.5. The van der Waals surface area contributed by atoms with Crippen molar-refractivity contribution in [2.75, 3.05) is 6.61 Å². The maximum atomic E-state index is 13.2. The second-order valence-corrected chi connectivity index (χ2v) is 10.5. The molecule has 0 radical (unpaired) electrons. The first kappa shape index (κ1) is 26.0. The van der Waals surface area contributed by atoms with Gasteiger partial charge in [-0.1, -0.05) is 43.5 Å². The molecule has 1 N–H and O–H groups in total. The van der Waals surface area contributed by atoms with Crippen LogP contribution in [0.15, 0.2) is 46.9 Å². The molecule has 0 bridgehead atoms. The number of benzene rings is 2. The Morgan fingerprint density at radius 2 is 1.79 bits per heavy atom. The zero-order valence-electron chi connectivity index (χ0n) is 22.1. The van der Waals surface area contributed by atoms with Gasteiger partial charge in [0.15, 0.2) is 0 Å². The minimum atomic E-state index is -0.819. The number of rotatable bonds is 10. The molecular weight excluding hydrogens is 480 g/mol. The molecule has 38 heavy (non-hydrogen) atoms. The fourth-order valence-corrected chi connectivity index (χ4v) is 5.70. The van der Waals surface area contributed by atoms with Gasteiger partial charge in [-0.15, -0.1) is 0 Å². The number of aliphatic carboxylic acids is 1. The van der Waals surface area contributed by atoms with E-state index in [-0.39, 0.29) is 12.3 Å². The molecule has 5 rings (SSSR count). The van der Waals surface area contributed by atoms with E-state index in [0.29, 0.717) is 50.8 Å². The highest BCUT2D eigenvalue weighted by Crippen LogP contribution is 2.36. The third-order valence-corrected chi connectivity index (χ3v) is 7.84. The third-order valence-electron chi connectivity index (χ3n) is 7.84. The maximum absolute atomic E-state index is 13.2. The standard InChI is InChI=1S/C31H36N2O5/c1-21-27(32-31(38-21)24-10-6-3-7-11-24)16-17-37-28-14-12-23(13-15-30(35)36)25-19-33(20-26(25)28)29(34)18-22-8-4-2-5-9-22/h3,6-7,10-12,14,22H,2,4-5,8-9,13,15-20H2,1H3,(H,35,36). The molecule has 2 heterocycles. The molecular formula is C31H36N2O5. The van der Waals surface area contributed by atoms with E-state index in [1.165, 1.54) is 19.3 Å². The summed E-state index contributed by atoms with van der Waals surface area (Å²) in [5, 5.41) is 9.22. The Kier molecular flexibility index (Phi) is 8.11. The van der Waals surface area contributed by atoms with Gasteiger partial charge in [-0.2, -0.15) is 0 Å². The monoisotopic (exact) mass is 516 g/mol. The molecule has 2 aromatic carbocycles. The fourth-order valence-electron chi connectivity index (χ4n) is 5.70. The van der Waals surface area contributed by atoms with Crippen LogP contribution in [0.1, 0.15) is 73.1 Å². The maximum Gasteiger partial charge on any atom is 0.303 e. The van der Waals surface area contributed by atoms with E-state index in [1.807, 2.05) is 54.3 Å². The molecule has 1 fully saturated rings. The van der Waals surface area contributed by atoms with Gasteiger partial charge in [-0.25, -0.2) is 4.98 Å². The van der Waals surface area contributed by atoms with Crippen LogP contribution in [0.3, 0.4) is 0 Å². The Labute approximate surface area is 223 Å². The highest BCUT2D eigenvalue weighted by molar-refractivity contribution is 5.77. The number of carbonyl (C=O) groups is 2. The first-order valence-corrected chi connectivity index (χ1v) is 13.8. The predicted molar refractivity (Wildman–Crippen MR) is 144 cm³/mol. The molecule has 0 saturated heterocycles. The number of fused-ring (bicyclic) bond motifs is 1. The average molecular weight is 517 g/mol. The molecule has 2 aliphatic rings. The van der Waals surface area contributed by atoms with Crippen molar-refractivity contribution in [2.24, 2.45) is 5.92 Å². The lowest BCUT2D eigenvalue weighted by Crippen LogP contribution is -2.28. The summed E-state index contributed by atoms with van der Waals surface area (Å²) in [6.07, 6.45) is 7.69. The van der Waals surface area contributed by atoms with Crippen LogP contribution in [0, 0.1) is 12.8 Å². The lowest BCUT2D eigenvalue weighted by Gasteiger charge is -2.24. The van der Waals surface area contributed by atoms with Crippen molar-refractivity contribution in [3.8, 4) is 17.2 Å². The number of carboxylic acid groups (broad SMARTS) is 1. The minimum Gasteiger partial charge on any atom is -0.493 e. The van der Waals surface area contributed by atoms with E-state index in [0.717, 1.165) is 52.3 Å². The summed E-state index contributed by atoms with van der Waals surface area (Å²) < 4.78 is 12.1. The fraction of sp³-hybridized carbons (Fsp3) is 0.452. The summed E-state index contributed by atoms with van der Waals surface area (Å²) in [6, 6.07) is 13.7. The number of ether oxygens (including phenoxy) is 1. The molecule has 1 saturated carbocycles. The van der Waals surface area contributed by atoms with Crippen molar-refractivity contribution in [1.29, 1.82) is 0 Å². The van der Waals surface area contributed by atoms with E-state index < -0.39 is 5.97 Å². The quantitative estimate of drug-likeness (QED) is 0.350. The molecule has 1 aliphatic carbocycles. The van der Waals surface area contributed by atoms with Crippen LogP contribution in [-0.2, 0) is 35.5 Å². The molecule has 1 amide bonds. The SMILES string of the molecule is Cc1oc(-c2ccccc2)nc1CCOc1ccc(CCC(=O)O)c2c1CN(C(=O)CC1CCCCC1)C2. The first-order chi connectivity index (χ1) is 18.5. The molecule has 1 aromatic heterocycles. The van der Waals surface area contributed by atoms with Gasteiger partial charge in [-0.3, -0.25) is 9.59 Å². The summed E-state index contributed by atoms with van der Waals surface area (Å²) in [4.78, 5) is 31.0. The Morgan fingerprint density at radius 3 is 2.55 bits per heavy atom. The average Bonchev–Trinajstić information content (AvgIpc) is 3.54. The molecule has 200 valence electrons. The van der Waals surface area contributed by atoms with Crippen molar-refractivity contribution in [1.82, 2.24) is 9.88 Å². The smallest absolute Gasteiger partial charge is 0.303 e. The van der Waals surface area contributed by atoms with Crippen molar-refractivity contribution in [2.45, 2.75) is 77.8 Å². The van der Waals surface area contributed by atoms with E-state index in [2.05, 4.69) is 4.98 Å². The Morgan fingerprint density at radius 1 is 1.03 bits per heavy atom. The first-order valence-electron chi connectivity index (χ1n) is 13.8. The van der Waals surface area contributed by atoms with Gasteiger partial charge in [-0.05, 0) is 61.4 Å². The normalized spacial score (nSPS) is 15.4. The highest BCUT2D eigenvalue weighted by atomic mass is 16.5. The number of hydrogen-bond acceptors (Lipinski definition) is 5. The number of nitrogens with zero attached hydrogens (tertiary/aromatic N) is 2. The topological polar surface area (TPSA) is 92.9 Å². The van der Waals surface area contributed by atoms with Gasteiger partial charge in [0.1, 0.15) is 11.5 Å². The number of carboxylic acids is 1. The Hall–Kier alpha value is -3.61. The Balaban J connectivity index is 1.27. The van der Waals surface area contributed by atoms with Crippen LogP contribution in [-0.4, -0.2) is 33.5 Å². The molecule has 3 aromatic rings.